The number of halogens is 3. The molecule has 1 heterocycles. The van der Waals surface area contributed by atoms with Crippen LogP contribution in [0, 0.1) is 6.92 Å². The number of nitrogens with two attached hydrogens (primary N) is 1. The molecule has 0 fully saturated rings. The molecule has 4 nitrogen and oxygen atoms in total. The van der Waals surface area contributed by atoms with Crippen molar-refractivity contribution in [1.29, 1.82) is 0 Å². The molecule has 0 aliphatic rings. The third-order valence-corrected chi connectivity index (χ3v) is 6.01. The molecule has 8 heteroatoms. The van der Waals surface area contributed by atoms with Gasteiger partial charge in [-0.2, -0.15) is 13.2 Å². The monoisotopic (exact) mass is 442 g/mol. The first-order chi connectivity index (χ1) is 14.6. The molecule has 1 aromatic heterocycles. The molecule has 0 aliphatic carbocycles. The highest BCUT2D eigenvalue weighted by Crippen LogP contribution is 2.43. The summed E-state index contributed by atoms with van der Waals surface area (Å²) in [5.74, 6) is 0. The lowest BCUT2D eigenvalue weighted by molar-refractivity contribution is -0.136. The Morgan fingerprint density at radius 2 is 1.55 bits per heavy atom. The number of para-hydroxylation sites is 1. The molecule has 0 radical (unpaired) electrons. The van der Waals surface area contributed by atoms with Gasteiger partial charge in [-0.3, -0.25) is 4.98 Å². The lowest BCUT2D eigenvalue weighted by Gasteiger charge is -2.19. The molecule has 0 saturated heterocycles. The van der Waals surface area contributed by atoms with Crippen LogP contribution >= 0.6 is 0 Å². The fourth-order valence-corrected chi connectivity index (χ4v) is 4.53. The molecule has 3 aromatic carbocycles. The fourth-order valence-electron chi connectivity index (χ4n) is 3.77. The van der Waals surface area contributed by atoms with E-state index in [9.17, 15) is 21.6 Å². The lowest BCUT2D eigenvalue weighted by Crippen LogP contribution is -2.14. The minimum absolute atomic E-state index is 0.165. The number of rotatable bonds is 3. The van der Waals surface area contributed by atoms with Crippen molar-refractivity contribution in [3.63, 3.8) is 0 Å². The van der Waals surface area contributed by atoms with Gasteiger partial charge >= 0.3 is 6.18 Å². The molecule has 4 rings (SSSR count). The third kappa shape index (κ3) is 3.80. The van der Waals surface area contributed by atoms with Gasteiger partial charge in [-0.1, -0.05) is 54.6 Å². The maximum Gasteiger partial charge on any atom is 0.418 e. The zero-order valence-electron chi connectivity index (χ0n) is 16.3. The summed E-state index contributed by atoms with van der Waals surface area (Å²) in [6.45, 7) is 1.68. The Morgan fingerprint density at radius 1 is 0.871 bits per heavy atom. The predicted octanol–water partition coefficient (Wildman–Crippen LogP) is 5.54. The van der Waals surface area contributed by atoms with Crippen molar-refractivity contribution in [2.24, 2.45) is 5.14 Å². The van der Waals surface area contributed by atoms with Gasteiger partial charge < -0.3 is 0 Å². The molecular formula is C23H17F3N2O2S. The van der Waals surface area contributed by atoms with Crippen LogP contribution < -0.4 is 5.14 Å². The molecular weight excluding hydrogens is 425 g/mol. The molecule has 4 aromatic rings. The minimum Gasteiger partial charge on any atom is -0.255 e. The maximum atomic E-state index is 13.6. The number of pyridine rings is 1. The van der Waals surface area contributed by atoms with E-state index in [2.05, 4.69) is 4.98 Å². The highest BCUT2D eigenvalue weighted by Gasteiger charge is 2.34. The van der Waals surface area contributed by atoms with E-state index >= 15 is 0 Å². The number of benzene rings is 3. The van der Waals surface area contributed by atoms with Crippen LogP contribution in [-0.4, -0.2) is 13.4 Å². The number of nitrogens with zero attached hydrogens (tertiary/aromatic N) is 1. The van der Waals surface area contributed by atoms with E-state index < -0.39 is 21.8 Å². The van der Waals surface area contributed by atoms with Gasteiger partial charge in [-0.15, -0.1) is 0 Å². The topological polar surface area (TPSA) is 73.0 Å². The number of sulfonamides is 1. The predicted molar refractivity (Wildman–Crippen MR) is 114 cm³/mol. The largest absolute Gasteiger partial charge is 0.418 e. The molecule has 0 spiro atoms. The fraction of sp³-hybridized carbons (Fsp3) is 0.0870. The second kappa shape index (κ2) is 7.47. The summed E-state index contributed by atoms with van der Waals surface area (Å²) in [4.78, 5) is 3.86. The average molecular weight is 442 g/mol. The Balaban J connectivity index is 2.20. The smallest absolute Gasteiger partial charge is 0.255 e. The van der Waals surface area contributed by atoms with Crippen molar-refractivity contribution in [2.45, 2.75) is 18.0 Å². The van der Waals surface area contributed by atoms with E-state index in [0.29, 0.717) is 22.3 Å². The molecule has 158 valence electrons. The van der Waals surface area contributed by atoms with Crippen LogP contribution in [-0.2, 0) is 16.2 Å². The van der Waals surface area contributed by atoms with Crippen LogP contribution in [0.2, 0.25) is 0 Å². The quantitative estimate of drug-likeness (QED) is 0.453. The van der Waals surface area contributed by atoms with Crippen LogP contribution in [0.4, 0.5) is 13.2 Å². The highest BCUT2D eigenvalue weighted by atomic mass is 32.2. The summed E-state index contributed by atoms with van der Waals surface area (Å²) in [7, 11) is -4.18. The number of alkyl halides is 3. The molecule has 2 N–H and O–H groups in total. The van der Waals surface area contributed by atoms with Gasteiger partial charge in [0.25, 0.3) is 0 Å². The Hall–Kier alpha value is -3.23. The van der Waals surface area contributed by atoms with E-state index in [1.54, 1.807) is 43.3 Å². The Labute approximate surface area is 177 Å². The van der Waals surface area contributed by atoms with E-state index in [-0.39, 0.29) is 21.4 Å². The minimum atomic E-state index is -4.61. The van der Waals surface area contributed by atoms with Gasteiger partial charge in [0.2, 0.25) is 10.0 Å². The standard InChI is InChI=1S/C23H17F3N2O2S/c1-14-13-28-22-17(10-5-11-18(22)23(24,25)26)20(14)21-16(15-7-3-2-4-8-15)9-6-12-19(21)31(27,29)30/h2-13H,1H3,(H2,27,29,30). The van der Waals surface area contributed by atoms with Gasteiger partial charge in [0.05, 0.1) is 16.0 Å². The van der Waals surface area contributed by atoms with E-state index in [4.69, 9.17) is 5.14 Å². The molecule has 0 aliphatic heterocycles. The summed E-state index contributed by atoms with van der Waals surface area (Å²) in [5, 5.41) is 5.71. The van der Waals surface area contributed by atoms with Gasteiger partial charge in [0.15, 0.2) is 0 Å². The van der Waals surface area contributed by atoms with Crippen molar-refractivity contribution in [3.8, 4) is 22.3 Å². The maximum absolute atomic E-state index is 13.6. The summed E-state index contributed by atoms with van der Waals surface area (Å²) < 4.78 is 65.8. The van der Waals surface area contributed by atoms with Crippen molar-refractivity contribution >= 4 is 20.9 Å². The number of hydrogen-bond acceptors (Lipinski definition) is 3. The number of fused-ring (bicyclic) bond motifs is 1. The Kier molecular flexibility index (Phi) is 5.07. The number of primary sulfonamides is 1. The molecule has 0 saturated carbocycles. The highest BCUT2D eigenvalue weighted by molar-refractivity contribution is 7.89. The van der Waals surface area contributed by atoms with Crippen molar-refractivity contribution in [1.82, 2.24) is 4.98 Å². The van der Waals surface area contributed by atoms with Gasteiger partial charge in [-0.25, -0.2) is 13.6 Å². The number of aryl methyl sites for hydroxylation is 1. The van der Waals surface area contributed by atoms with Crippen LogP contribution in [0.1, 0.15) is 11.1 Å². The van der Waals surface area contributed by atoms with E-state index in [1.807, 2.05) is 6.07 Å². The normalized spacial score (nSPS) is 12.3. The Bertz CT molecular complexity index is 1400. The average Bonchev–Trinajstić information content (AvgIpc) is 2.72. The van der Waals surface area contributed by atoms with Gasteiger partial charge in [0.1, 0.15) is 0 Å². The van der Waals surface area contributed by atoms with Crippen LogP contribution in [0.5, 0.6) is 0 Å². The van der Waals surface area contributed by atoms with Gasteiger partial charge in [-0.05, 0) is 41.3 Å². The first-order valence-electron chi connectivity index (χ1n) is 9.26. The molecule has 0 unspecified atom stereocenters. The zero-order valence-corrected chi connectivity index (χ0v) is 17.1. The Morgan fingerprint density at radius 3 is 2.19 bits per heavy atom. The third-order valence-electron chi connectivity index (χ3n) is 5.06. The lowest BCUT2D eigenvalue weighted by atomic mass is 9.89. The summed E-state index contributed by atoms with van der Waals surface area (Å²) in [6, 6.07) is 17.4. The zero-order chi connectivity index (χ0) is 22.4. The number of aromatic nitrogens is 1. The van der Waals surface area contributed by atoms with E-state index in [0.717, 1.165) is 6.07 Å². The van der Waals surface area contributed by atoms with Crippen molar-refractivity contribution < 1.29 is 21.6 Å². The van der Waals surface area contributed by atoms with Crippen LogP contribution in [0.15, 0.2) is 77.8 Å². The van der Waals surface area contributed by atoms with Crippen molar-refractivity contribution in [2.75, 3.05) is 0 Å². The molecule has 31 heavy (non-hydrogen) atoms. The van der Waals surface area contributed by atoms with Gasteiger partial charge in [0, 0.05) is 17.1 Å². The second-order valence-electron chi connectivity index (χ2n) is 7.11. The second-order valence-corrected chi connectivity index (χ2v) is 8.64. The molecule has 0 amide bonds. The van der Waals surface area contributed by atoms with E-state index in [1.165, 1.54) is 24.4 Å². The molecule has 0 atom stereocenters. The number of hydrogen-bond donors (Lipinski definition) is 1. The summed E-state index contributed by atoms with van der Waals surface area (Å²) in [6.07, 6.45) is -3.29. The summed E-state index contributed by atoms with van der Waals surface area (Å²) >= 11 is 0. The van der Waals surface area contributed by atoms with Crippen LogP contribution in [0.3, 0.4) is 0 Å². The SMILES string of the molecule is Cc1cnc2c(C(F)(F)F)cccc2c1-c1c(-c2ccccc2)cccc1S(N)(=O)=O. The van der Waals surface area contributed by atoms with Crippen LogP contribution in [0.25, 0.3) is 33.2 Å². The summed E-state index contributed by atoms with van der Waals surface area (Å²) in [5.41, 5.74) is 1.24. The molecule has 0 bridgehead atoms. The van der Waals surface area contributed by atoms with Crippen molar-refractivity contribution in [3.05, 3.63) is 84.1 Å². The first-order valence-corrected chi connectivity index (χ1v) is 10.8. The first kappa shape index (κ1) is 21.0.